The summed E-state index contributed by atoms with van der Waals surface area (Å²) in [7, 11) is 0. The van der Waals surface area contributed by atoms with Gasteiger partial charge in [-0.2, -0.15) is 0 Å². The van der Waals surface area contributed by atoms with Crippen LogP contribution in [0.15, 0.2) is 48.5 Å². The highest BCUT2D eigenvalue weighted by Crippen LogP contribution is 2.33. The van der Waals surface area contributed by atoms with Gasteiger partial charge < -0.3 is 10.6 Å². The first-order chi connectivity index (χ1) is 12.8. The summed E-state index contributed by atoms with van der Waals surface area (Å²) < 4.78 is 0. The molecule has 0 unspecified atom stereocenters. The molecule has 1 heterocycles. The highest BCUT2D eigenvalue weighted by atomic mass is 35.5. The minimum absolute atomic E-state index is 0.241. The quantitative estimate of drug-likeness (QED) is 0.750. The monoisotopic (exact) mass is 405 g/mol. The molecule has 27 heavy (non-hydrogen) atoms. The highest BCUT2D eigenvalue weighted by Gasteiger charge is 2.50. The van der Waals surface area contributed by atoms with Gasteiger partial charge >= 0.3 is 6.03 Å². The second-order valence-electron chi connectivity index (χ2n) is 6.33. The average molecular weight is 406 g/mol. The van der Waals surface area contributed by atoms with E-state index >= 15 is 0 Å². The largest absolute Gasteiger partial charge is 0.350 e. The second kappa shape index (κ2) is 7.58. The van der Waals surface area contributed by atoms with Gasteiger partial charge in [0.2, 0.25) is 5.91 Å². The molecule has 1 aliphatic rings. The van der Waals surface area contributed by atoms with Crippen LogP contribution in [-0.2, 0) is 21.7 Å². The summed E-state index contributed by atoms with van der Waals surface area (Å²) in [6.07, 6.45) is 0. The first-order valence-corrected chi connectivity index (χ1v) is 8.97. The maximum Gasteiger partial charge on any atom is 0.325 e. The number of benzene rings is 2. The number of halogens is 2. The van der Waals surface area contributed by atoms with E-state index in [-0.39, 0.29) is 13.1 Å². The van der Waals surface area contributed by atoms with E-state index in [0.717, 1.165) is 10.5 Å². The molecule has 0 spiro atoms. The molecule has 0 bridgehead atoms. The van der Waals surface area contributed by atoms with Crippen molar-refractivity contribution < 1.29 is 14.4 Å². The van der Waals surface area contributed by atoms with Crippen LogP contribution in [0.1, 0.15) is 18.1 Å². The minimum Gasteiger partial charge on any atom is -0.350 e. The second-order valence-corrected chi connectivity index (χ2v) is 7.18. The molecule has 1 atom stereocenters. The molecular weight excluding hydrogens is 389 g/mol. The number of nitrogens with zero attached hydrogens (tertiary/aromatic N) is 1. The van der Waals surface area contributed by atoms with Gasteiger partial charge in [-0.15, -0.1) is 0 Å². The number of carbonyl (C=O) groups excluding carboxylic acids is 3. The third-order valence-electron chi connectivity index (χ3n) is 4.37. The number of nitrogens with one attached hydrogen (secondary N) is 2. The summed E-state index contributed by atoms with van der Waals surface area (Å²) in [5, 5.41) is 6.23. The Morgan fingerprint density at radius 3 is 2.59 bits per heavy atom. The molecule has 3 rings (SSSR count). The number of urea groups is 1. The summed E-state index contributed by atoms with van der Waals surface area (Å²) in [6, 6.07) is 13.2. The fourth-order valence-corrected chi connectivity index (χ4v) is 3.47. The Kier molecular flexibility index (Phi) is 5.39. The van der Waals surface area contributed by atoms with E-state index in [2.05, 4.69) is 10.6 Å². The lowest BCUT2D eigenvalue weighted by Gasteiger charge is -2.23. The van der Waals surface area contributed by atoms with E-state index in [9.17, 15) is 14.4 Å². The standard InChI is InChI=1S/C19H17Cl2N3O3/c1-19(14-7-2-3-8-15(14)21)17(26)24(18(27)23-19)11-16(25)22-10-12-5-4-6-13(20)9-12/h2-9H,10-11H2,1H3,(H,22,25)(H,23,27)/t19-/m1/s1. The number of imide groups is 1. The molecule has 6 nitrogen and oxygen atoms in total. The van der Waals surface area contributed by atoms with Crippen molar-refractivity contribution in [2.24, 2.45) is 0 Å². The molecule has 1 saturated heterocycles. The van der Waals surface area contributed by atoms with E-state index in [4.69, 9.17) is 23.2 Å². The van der Waals surface area contributed by atoms with Crippen molar-refractivity contribution in [3.05, 3.63) is 69.7 Å². The highest BCUT2D eigenvalue weighted by molar-refractivity contribution is 6.32. The number of amides is 4. The van der Waals surface area contributed by atoms with Crippen molar-refractivity contribution in [2.75, 3.05) is 6.54 Å². The number of carbonyl (C=O) groups is 3. The molecule has 0 aliphatic carbocycles. The Morgan fingerprint density at radius 1 is 1.15 bits per heavy atom. The SMILES string of the molecule is C[C@]1(c2ccccc2Cl)NC(=O)N(CC(=O)NCc2cccc(Cl)c2)C1=O. The molecule has 1 fully saturated rings. The Balaban J connectivity index is 1.68. The van der Waals surface area contributed by atoms with Crippen LogP contribution in [-0.4, -0.2) is 29.3 Å². The lowest BCUT2D eigenvalue weighted by atomic mass is 9.92. The zero-order chi connectivity index (χ0) is 19.6. The van der Waals surface area contributed by atoms with E-state index in [1.54, 1.807) is 49.4 Å². The Morgan fingerprint density at radius 2 is 1.89 bits per heavy atom. The molecule has 1 aliphatic heterocycles. The zero-order valence-electron chi connectivity index (χ0n) is 14.5. The van der Waals surface area contributed by atoms with Crippen LogP contribution >= 0.6 is 23.2 Å². The molecule has 8 heteroatoms. The van der Waals surface area contributed by atoms with Gasteiger partial charge in [0.1, 0.15) is 12.1 Å². The summed E-state index contributed by atoms with van der Waals surface area (Å²) in [6.45, 7) is 1.43. The smallest absolute Gasteiger partial charge is 0.325 e. The van der Waals surface area contributed by atoms with Gasteiger partial charge in [0.25, 0.3) is 5.91 Å². The van der Waals surface area contributed by atoms with Crippen LogP contribution in [0.3, 0.4) is 0 Å². The normalized spacial score (nSPS) is 19.1. The van der Waals surface area contributed by atoms with Crippen molar-refractivity contribution in [3.8, 4) is 0 Å². The molecule has 4 amide bonds. The lowest BCUT2D eigenvalue weighted by Crippen LogP contribution is -2.43. The molecule has 2 aromatic rings. The summed E-state index contributed by atoms with van der Waals surface area (Å²) in [4.78, 5) is 38.2. The minimum atomic E-state index is -1.32. The van der Waals surface area contributed by atoms with E-state index in [0.29, 0.717) is 15.6 Å². The molecule has 140 valence electrons. The van der Waals surface area contributed by atoms with Crippen LogP contribution in [0.5, 0.6) is 0 Å². The van der Waals surface area contributed by atoms with Gasteiger partial charge in [0.15, 0.2) is 0 Å². The number of rotatable bonds is 5. The summed E-state index contributed by atoms with van der Waals surface area (Å²) in [5.74, 6) is -0.986. The molecule has 0 radical (unpaired) electrons. The molecule has 2 N–H and O–H groups in total. The third-order valence-corrected chi connectivity index (χ3v) is 4.93. The average Bonchev–Trinajstić information content (AvgIpc) is 2.84. The van der Waals surface area contributed by atoms with Crippen LogP contribution in [0, 0.1) is 0 Å². The van der Waals surface area contributed by atoms with Gasteiger partial charge in [-0.1, -0.05) is 53.5 Å². The van der Waals surface area contributed by atoms with Gasteiger partial charge in [-0.05, 0) is 30.7 Å². The van der Waals surface area contributed by atoms with Crippen LogP contribution < -0.4 is 10.6 Å². The van der Waals surface area contributed by atoms with Gasteiger partial charge in [-0.25, -0.2) is 4.79 Å². The zero-order valence-corrected chi connectivity index (χ0v) is 16.0. The summed E-state index contributed by atoms with van der Waals surface area (Å²) >= 11 is 12.1. The lowest BCUT2D eigenvalue weighted by molar-refractivity contribution is -0.134. The maximum atomic E-state index is 12.8. The number of hydrogen-bond donors (Lipinski definition) is 2. The van der Waals surface area contributed by atoms with Crippen molar-refractivity contribution >= 4 is 41.0 Å². The van der Waals surface area contributed by atoms with Crippen LogP contribution in [0.4, 0.5) is 4.79 Å². The molecular formula is C19H17Cl2N3O3. The van der Waals surface area contributed by atoms with E-state index < -0.39 is 23.4 Å². The molecule has 0 aromatic heterocycles. The van der Waals surface area contributed by atoms with Gasteiger partial charge in [0.05, 0.1) is 0 Å². The van der Waals surface area contributed by atoms with Crippen LogP contribution in [0.25, 0.3) is 0 Å². The van der Waals surface area contributed by atoms with E-state index in [1.807, 2.05) is 6.07 Å². The third kappa shape index (κ3) is 3.91. The molecule has 2 aromatic carbocycles. The first-order valence-electron chi connectivity index (χ1n) is 8.21. The van der Waals surface area contributed by atoms with Gasteiger partial charge in [0, 0.05) is 22.2 Å². The van der Waals surface area contributed by atoms with Crippen LogP contribution in [0.2, 0.25) is 10.0 Å². The molecule has 0 saturated carbocycles. The Hall–Kier alpha value is -2.57. The summed E-state index contributed by atoms with van der Waals surface area (Å²) in [5.41, 5.74) is -0.0244. The topological polar surface area (TPSA) is 78.5 Å². The van der Waals surface area contributed by atoms with E-state index in [1.165, 1.54) is 0 Å². The predicted octanol–water partition coefficient (Wildman–Crippen LogP) is 3.08. The van der Waals surface area contributed by atoms with Crippen molar-refractivity contribution in [1.82, 2.24) is 15.5 Å². The maximum absolute atomic E-state index is 12.8. The van der Waals surface area contributed by atoms with Crippen molar-refractivity contribution in [2.45, 2.75) is 19.0 Å². The fraction of sp³-hybridized carbons (Fsp3) is 0.211. The number of hydrogen-bond acceptors (Lipinski definition) is 3. The Bertz CT molecular complexity index is 919. The van der Waals surface area contributed by atoms with Crippen molar-refractivity contribution in [3.63, 3.8) is 0 Å². The predicted molar refractivity (Wildman–Crippen MR) is 102 cm³/mol. The first kappa shape index (κ1) is 19.2. The Labute approximate surface area is 166 Å². The fourth-order valence-electron chi connectivity index (χ4n) is 2.94. The van der Waals surface area contributed by atoms with Gasteiger partial charge in [-0.3, -0.25) is 14.5 Å². The van der Waals surface area contributed by atoms with Crippen molar-refractivity contribution in [1.29, 1.82) is 0 Å².